The number of hydrogen-bond donors (Lipinski definition) is 1. The van der Waals surface area contributed by atoms with E-state index in [1.807, 2.05) is 6.07 Å². The quantitative estimate of drug-likeness (QED) is 0.449. The standard InChI is InChI=1S/C23H28ClN3O2/c1-2-16-27-21-9-6-5-8-20(21)26-22(27)10-4-3-7-15-25-23(28)17-29-19-13-11-18(24)12-14-19/h5-6,8-9,11-14H,2-4,7,10,15-17H2,1H3,(H,25,28). The van der Waals surface area contributed by atoms with Crippen molar-refractivity contribution < 1.29 is 9.53 Å². The van der Waals surface area contributed by atoms with Crippen molar-refractivity contribution in [2.45, 2.75) is 45.6 Å². The molecule has 0 unspecified atom stereocenters. The van der Waals surface area contributed by atoms with Gasteiger partial charge in [-0.2, -0.15) is 0 Å². The van der Waals surface area contributed by atoms with Crippen LogP contribution in [0.15, 0.2) is 48.5 Å². The number of nitrogens with one attached hydrogen (secondary N) is 1. The van der Waals surface area contributed by atoms with Crippen LogP contribution in [0.1, 0.15) is 38.4 Å². The molecular weight excluding hydrogens is 386 g/mol. The van der Waals surface area contributed by atoms with Crippen LogP contribution in [0.4, 0.5) is 0 Å². The highest BCUT2D eigenvalue weighted by atomic mass is 35.5. The maximum atomic E-state index is 11.9. The zero-order valence-electron chi connectivity index (χ0n) is 16.9. The number of aromatic nitrogens is 2. The number of ether oxygens (including phenoxy) is 1. The summed E-state index contributed by atoms with van der Waals surface area (Å²) >= 11 is 5.83. The zero-order valence-corrected chi connectivity index (χ0v) is 17.6. The lowest BCUT2D eigenvalue weighted by molar-refractivity contribution is -0.123. The summed E-state index contributed by atoms with van der Waals surface area (Å²) in [5.41, 5.74) is 2.29. The molecule has 3 rings (SSSR count). The minimum absolute atomic E-state index is 0.0165. The monoisotopic (exact) mass is 413 g/mol. The summed E-state index contributed by atoms with van der Waals surface area (Å²) in [6, 6.07) is 15.3. The van der Waals surface area contributed by atoms with Crippen LogP contribution >= 0.6 is 11.6 Å². The van der Waals surface area contributed by atoms with E-state index in [9.17, 15) is 4.79 Å². The van der Waals surface area contributed by atoms with Crippen molar-refractivity contribution >= 4 is 28.5 Å². The van der Waals surface area contributed by atoms with Gasteiger partial charge in [0.1, 0.15) is 11.6 Å². The van der Waals surface area contributed by atoms with Gasteiger partial charge in [-0.05, 0) is 55.7 Å². The molecule has 0 radical (unpaired) electrons. The fourth-order valence-corrected chi connectivity index (χ4v) is 3.46. The normalized spacial score (nSPS) is 11.0. The smallest absolute Gasteiger partial charge is 0.257 e. The number of hydrogen-bond acceptors (Lipinski definition) is 3. The Morgan fingerprint density at radius 2 is 1.90 bits per heavy atom. The molecule has 0 aliphatic heterocycles. The molecule has 154 valence electrons. The average molecular weight is 414 g/mol. The highest BCUT2D eigenvalue weighted by Gasteiger charge is 2.09. The van der Waals surface area contributed by atoms with E-state index in [1.54, 1.807) is 24.3 Å². The van der Waals surface area contributed by atoms with Gasteiger partial charge in [0.15, 0.2) is 6.61 Å². The highest BCUT2D eigenvalue weighted by Crippen LogP contribution is 2.18. The minimum Gasteiger partial charge on any atom is -0.484 e. The van der Waals surface area contributed by atoms with Crippen LogP contribution in [0.25, 0.3) is 11.0 Å². The minimum atomic E-state index is -0.107. The van der Waals surface area contributed by atoms with Gasteiger partial charge in [0, 0.05) is 24.5 Å². The Morgan fingerprint density at radius 1 is 1.10 bits per heavy atom. The van der Waals surface area contributed by atoms with E-state index in [2.05, 4.69) is 35.0 Å². The number of halogens is 1. The van der Waals surface area contributed by atoms with Crippen molar-refractivity contribution in [3.8, 4) is 5.75 Å². The molecule has 6 heteroatoms. The molecule has 1 N–H and O–H groups in total. The van der Waals surface area contributed by atoms with E-state index in [0.717, 1.165) is 50.0 Å². The molecule has 2 aromatic carbocycles. The number of carbonyl (C=O) groups excluding carboxylic acids is 1. The maximum absolute atomic E-state index is 11.9. The van der Waals surface area contributed by atoms with Crippen LogP contribution in [0.2, 0.25) is 5.02 Å². The summed E-state index contributed by atoms with van der Waals surface area (Å²) in [6.07, 6.45) is 5.11. The third-order valence-electron chi connectivity index (χ3n) is 4.76. The van der Waals surface area contributed by atoms with Crippen LogP contribution in [0.5, 0.6) is 5.75 Å². The Labute approximate surface area is 177 Å². The number of imidazole rings is 1. The van der Waals surface area contributed by atoms with Crippen molar-refractivity contribution in [2.75, 3.05) is 13.2 Å². The van der Waals surface area contributed by atoms with Crippen molar-refractivity contribution in [2.24, 2.45) is 0 Å². The second kappa shape index (κ2) is 10.9. The molecule has 29 heavy (non-hydrogen) atoms. The first-order chi connectivity index (χ1) is 14.2. The zero-order chi connectivity index (χ0) is 20.5. The summed E-state index contributed by atoms with van der Waals surface area (Å²) in [6.45, 7) is 3.87. The third-order valence-corrected chi connectivity index (χ3v) is 5.02. The first-order valence-electron chi connectivity index (χ1n) is 10.3. The molecule has 1 heterocycles. The first kappa shape index (κ1) is 21.2. The molecule has 0 aliphatic rings. The van der Waals surface area contributed by atoms with Gasteiger partial charge in [-0.25, -0.2) is 4.98 Å². The summed E-state index contributed by atoms with van der Waals surface area (Å²) < 4.78 is 7.78. The van der Waals surface area contributed by atoms with E-state index in [-0.39, 0.29) is 12.5 Å². The number of carbonyl (C=O) groups is 1. The number of rotatable bonds is 11. The SMILES string of the molecule is CCCn1c(CCCCCNC(=O)COc2ccc(Cl)cc2)nc2ccccc21. The molecule has 1 amide bonds. The molecule has 1 aromatic heterocycles. The number of aryl methyl sites for hydroxylation is 2. The lowest BCUT2D eigenvalue weighted by Crippen LogP contribution is -2.29. The fraction of sp³-hybridized carbons (Fsp3) is 0.391. The van der Waals surface area contributed by atoms with Crippen LogP contribution in [-0.2, 0) is 17.8 Å². The van der Waals surface area contributed by atoms with Crippen molar-refractivity contribution in [1.82, 2.24) is 14.9 Å². The van der Waals surface area contributed by atoms with Gasteiger partial charge >= 0.3 is 0 Å². The molecule has 0 bridgehead atoms. The van der Waals surface area contributed by atoms with Gasteiger partial charge < -0.3 is 14.6 Å². The molecule has 0 fully saturated rings. The summed E-state index contributed by atoms with van der Waals surface area (Å²) in [5, 5.41) is 3.55. The number of amides is 1. The van der Waals surface area contributed by atoms with Crippen molar-refractivity contribution in [1.29, 1.82) is 0 Å². The molecule has 0 spiro atoms. The number of para-hydroxylation sites is 2. The number of nitrogens with zero attached hydrogens (tertiary/aromatic N) is 2. The Kier molecular flexibility index (Phi) is 7.94. The molecule has 3 aromatic rings. The van der Waals surface area contributed by atoms with Crippen LogP contribution < -0.4 is 10.1 Å². The summed E-state index contributed by atoms with van der Waals surface area (Å²) in [7, 11) is 0. The van der Waals surface area contributed by atoms with Gasteiger partial charge in [0.05, 0.1) is 11.0 Å². The summed E-state index contributed by atoms with van der Waals surface area (Å²) in [4.78, 5) is 16.7. The average Bonchev–Trinajstić information content (AvgIpc) is 3.08. The van der Waals surface area contributed by atoms with Gasteiger partial charge in [0.25, 0.3) is 5.91 Å². The predicted molar refractivity (Wildman–Crippen MR) is 118 cm³/mol. The molecule has 0 saturated heterocycles. The van der Waals surface area contributed by atoms with Gasteiger partial charge in [0.2, 0.25) is 0 Å². The van der Waals surface area contributed by atoms with Gasteiger partial charge in [-0.15, -0.1) is 0 Å². The van der Waals surface area contributed by atoms with E-state index >= 15 is 0 Å². The Balaban J connectivity index is 1.35. The maximum Gasteiger partial charge on any atom is 0.257 e. The third kappa shape index (κ3) is 6.23. The fourth-order valence-electron chi connectivity index (χ4n) is 3.33. The molecule has 0 aliphatic carbocycles. The van der Waals surface area contributed by atoms with Crippen molar-refractivity contribution in [3.63, 3.8) is 0 Å². The second-order valence-electron chi connectivity index (χ2n) is 7.07. The molecular formula is C23H28ClN3O2. The van der Waals surface area contributed by atoms with E-state index in [0.29, 0.717) is 17.3 Å². The van der Waals surface area contributed by atoms with E-state index < -0.39 is 0 Å². The lowest BCUT2D eigenvalue weighted by atomic mass is 10.2. The highest BCUT2D eigenvalue weighted by molar-refractivity contribution is 6.30. The largest absolute Gasteiger partial charge is 0.484 e. The lowest BCUT2D eigenvalue weighted by Gasteiger charge is -2.09. The van der Waals surface area contributed by atoms with E-state index in [4.69, 9.17) is 21.3 Å². The molecule has 0 saturated carbocycles. The first-order valence-corrected chi connectivity index (χ1v) is 10.6. The van der Waals surface area contributed by atoms with Crippen molar-refractivity contribution in [3.05, 3.63) is 59.4 Å². The van der Waals surface area contributed by atoms with Gasteiger partial charge in [-0.3, -0.25) is 4.79 Å². The number of unbranched alkanes of at least 4 members (excludes halogenated alkanes) is 2. The molecule has 0 atom stereocenters. The Morgan fingerprint density at radius 3 is 2.69 bits per heavy atom. The van der Waals surface area contributed by atoms with E-state index in [1.165, 1.54) is 5.52 Å². The number of benzene rings is 2. The Hall–Kier alpha value is -2.53. The number of fused-ring (bicyclic) bond motifs is 1. The van der Waals surface area contributed by atoms with Crippen LogP contribution in [0.3, 0.4) is 0 Å². The predicted octanol–water partition coefficient (Wildman–Crippen LogP) is 5.01. The second-order valence-corrected chi connectivity index (χ2v) is 7.51. The van der Waals surface area contributed by atoms with Gasteiger partial charge in [-0.1, -0.05) is 37.1 Å². The molecule has 5 nitrogen and oxygen atoms in total. The summed E-state index contributed by atoms with van der Waals surface area (Å²) in [5.74, 6) is 1.69. The van der Waals surface area contributed by atoms with Crippen LogP contribution in [0, 0.1) is 0 Å². The topological polar surface area (TPSA) is 56.2 Å². The Bertz CT molecular complexity index is 922. The van der Waals surface area contributed by atoms with Crippen LogP contribution in [-0.4, -0.2) is 28.6 Å².